The lowest BCUT2D eigenvalue weighted by Crippen LogP contribution is -2.42. The monoisotopic (exact) mass is 274 g/mol. The van der Waals surface area contributed by atoms with E-state index in [2.05, 4.69) is 10.6 Å². The van der Waals surface area contributed by atoms with Gasteiger partial charge in [0, 0.05) is 42.3 Å². The Morgan fingerprint density at radius 1 is 1.35 bits per heavy atom. The number of hydrogen-bond donors (Lipinski definition) is 2. The normalized spacial score (nSPS) is 29.9. The van der Waals surface area contributed by atoms with Crippen molar-refractivity contribution in [2.45, 2.75) is 37.0 Å². The van der Waals surface area contributed by atoms with Crippen LogP contribution in [0.2, 0.25) is 0 Å². The zero-order valence-electron chi connectivity index (χ0n) is 10.2. The van der Waals surface area contributed by atoms with E-state index in [4.69, 9.17) is 0 Å². The largest absolute Gasteiger partial charge is 0.355 e. The van der Waals surface area contributed by atoms with Crippen molar-refractivity contribution in [3.05, 3.63) is 0 Å². The maximum absolute atomic E-state index is 11.8. The predicted octanol–water partition coefficient (Wildman–Crippen LogP) is 1.48. The summed E-state index contributed by atoms with van der Waals surface area (Å²) in [5, 5.41) is 7.15. The van der Waals surface area contributed by atoms with Crippen LogP contribution in [-0.2, 0) is 4.79 Å². The fourth-order valence-electron chi connectivity index (χ4n) is 2.24. The number of hydrogen-bond acceptors (Lipinski definition) is 4. The average molecular weight is 274 g/mol. The zero-order valence-corrected chi connectivity index (χ0v) is 11.9. The highest BCUT2D eigenvalue weighted by Gasteiger charge is 2.18. The number of amides is 1. The van der Waals surface area contributed by atoms with E-state index >= 15 is 0 Å². The third kappa shape index (κ3) is 5.10. The molecule has 2 atom stereocenters. The lowest BCUT2D eigenvalue weighted by atomic mass is 10.2. The van der Waals surface area contributed by atoms with Crippen LogP contribution in [0.3, 0.4) is 0 Å². The van der Waals surface area contributed by atoms with Crippen LogP contribution in [0.25, 0.3) is 0 Å². The number of carbonyl (C=O) groups excluding carboxylic acids is 1. The number of rotatable bonds is 4. The van der Waals surface area contributed by atoms with Gasteiger partial charge in [0.2, 0.25) is 5.91 Å². The van der Waals surface area contributed by atoms with Crippen LogP contribution in [0.15, 0.2) is 0 Å². The number of nitrogens with one attached hydrogen (secondary N) is 2. The van der Waals surface area contributed by atoms with Crippen molar-refractivity contribution >= 4 is 29.4 Å². The molecule has 3 nitrogen and oxygen atoms in total. The molecule has 0 aromatic carbocycles. The van der Waals surface area contributed by atoms with E-state index in [-0.39, 0.29) is 5.91 Å². The minimum absolute atomic E-state index is 0.219. The Bertz CT molecular complexity index is 239. The second-order valence-electron chi connectivity index (χ2n) is 4.72. The molecule has 2 unspecified atom stereocenters. The van der Waals surface area contributed by atoms with E-state index in [0.29, 0.717) is 17.7 Å². The van der Waals surface area contributed by atoms with Crippen LogP contribution in [0.4, 0.5) is 0 Å². The predicted molar refractivity (Wildman–Crippen MR) is 76.8 cm³/mol. The molecule has 2 aliphatic heterocycles. The summed E-state index contributed by atoms with van der Waals surface area (Å²) < 4.78 is 0. The van der Waals surface area contributed by atoms with Gasteiger partial charge in [-0.15, -0.1) is 0 Å². The molecule has 2 N–H and O–H groups in total. The lowest BCUT2D eigenvalue weighted by Gasteiger charge is -2.24. The first kappa shape index (κ1) is 13.6. The summed E-state index contributed by atoms with van der Waals surface area (Å²) in [6.45, 7) is 1.91. The van der Waals surface area contributed by atoms with Gasteiger partial charge in [0.15, 0.2) is 0 Å². The Kier molecular flexibility index (Phi) is 6.01. The second-order valence-corrected chi connectivity index (χ2v) is 7.28. The first-order valence-electron chi connectivity index (χ1n) is 6.54. The quantitative estimate of drug-likeness (QED) is 0.815. The third-order valence-electron chi connectivity index (χ3n) is 3.23. The van der Waals surface area contributed by atoms with Gasteiger partial charge in [0.25, 0.3) is 0 Å². The van der Waals surface area contributed by atoms with Gasteiger partial charge < -0.3 is 10.6 Å². The molecule has 0 saturated carbocycles. The van der Waals surface area contributed by atoms with Gasteiger partial charge in [-0.2, -0.15) is 23.5 Å². The molecule has 2 rings (SSSR count). The van der Waals surface area contributed by atoms with Crippen molar-refractivity contribution in [1.29, 1.82) is 0 Å². The molecule has 0 spiro atoms. The van der Waals surface area contributed by atoms with Crippen LogP contribution < -0.4 is 10.6 Å². The highest BCUT2D eigenvalue weighted by atomic mass is 32.2. The van der Waals surface area contributed by atoms with Crippen molar-refractivity contribution < 1.29 is 4.79 Å². The molecule has 0 radical (unpaired) electrons. The maximum Gasteiger partial charge on any atom is 0.221 e. The van der Waals surface area contributed by atoms with E-state index in [1.54, 1.807) is 0 Å². The number of carbonyl (C=O) groups is 1. The fraction of sp³-hybridized carbons (Fsp3) is 0.917. The minimum atomic E-state index is 0.219. The van der Waals surface area contributed by atoms with Crippen LogP contribution in [0.5, 0.6) is 0 Å². The van der Waals surface area contributed by atoms with Gasteiger partial charge in [0.05, 0.1) is 0 Å². The maximum atomic E-state index is 11.8. The molecule has 2 heterocycles. The molecule has 98 valence electrons. The van der Waals surface area contributed by atoms with Crippen LogP contribution in [-0.4, -0.2) is 47.5 Å². The van der Waals surface area contributed by atoms with Crippen molar-refractivity contribution in [1.82, 2.24) is 10.6 Å². The Labute approximate surface area is 112 Å². The van der Waals surface area contributed by atoms with E-state index in [1.165, 1.54) is 30.8 Å². The van der Waals surface area contributed by atoms with Crippen molar-refractivity contribution in [2.24, 2.45) is 0 Å². The van der Waals surface area contributed by atoms with E-state index in [1.807, 2.05) is 23.5 Å². The fourth-order valence-corrected chi connectivity index (χ4v) is 4.43. The summed E-state index contributed by atoms with van der Waals surface area (Å²) >= 11 is 3.96. The SMILES string of the molecule is O=C(CC1CSCCN1)NCC1CCCCS1. The van der Waals surface area contributed by atoms with Crippen LogP contribution in [0.1, 0.15) is 25.7 Å². The average Bonchev–Trinajstić information content (AvgIpc) is 2.39. The van der Waals surface area contributed by atoms with E-state index in [0.717, 1.165) is 18.8 Å². The molecule has 0 bridgehead atoms. The zero-order chi connectivity index (χ0) is 11.9. The molecule has 0 aromatic heterocycles. The van der Waals surface area contributed by atoms with Crippen LogP contribution >= 0.6 is 23.5 Å². The van der Waals surface area contributed by atoms with Gasteiger partial charge in [-0.25, -0.2) is 0 Å². The Balaban J connectivity index is 1.59. The van der Waals surface area contributed by atoms with Crippen molar-refractivity contribution in [3.8, 4) is 0 Å². The standard InChI is InChI=1S/C12H22N2OS2/c15-12(7-10-9-16-6-4-13-10)14-8-11-3-1-2-5-17-11/h10-11,13H,1-9H2,(H,14,15). The van der Waals surface area contributed by atoms with E-state index < -0.39 is 0 Å². The molecular weight excluding hydrogens is 252 g/mol. The summed E-state index contributed by atoms with van der Waals surface area (Å²) in [5.41, 5.74) is 0. The molecule has 0 aromatic rings. The van der Waals surface area contributed by atoms with Crippen LogP contribution in [0, 0.1) is 0 Å². The molecule has 17 heavy (non-hydrogen) atoms. The third-order valence-corrected chi connectivity index (χ3v) is 5.76. The summed E-state index contributed by atoms with van der Waals surface area (Å²) in [6, 6.07) is 0.382. The first-order valence-corrected chi connectivity index (χ1v) is 8.74. The summed E-state index contributed by atoms with van der Waals surface area (Å²) in [6.07, 6.45) is 4.58. The Morgan fingerprint density at radius 2 is 2.29 bits per heavy atom. The summed E-state index contributed by atoms with van der Waals surface area (Å²) in [7, 11) is 0. The smallest absolute Gasteiger partial charge is 0.221 e. The highest BCUT2D eigenvalue weighted by Crippen LogP contribution is 2.24. The molecule has 2 saturated heterocycles. The minimum Gasteiger partial charge on any atom is -0.355 e. The topological polar surface area (TPSA) is 41.1 Å². The van der Waals surface area contributed by atoms with Gasteiger partial charge in [-0.1, -0.05) is 6.42 Å². The van der Waals surface area contributed by atoms with E-state index in [9.17, 15) is 4.79 Å². The number of thioether (sulfide) groups is 2. The van der Waals surface area contributed by atoms with Crippen molar-refractivity contribution in [3.63, 3.8) is 0 Å². The lowest BCUT2D eigenvalue weighted by molar-refractivity contribution is -0.121. The van der Waals surface area contributed by atoms with Gasteiger partial charge in [-0.05, 0) is 18.6 Å². The Hall–Kier alpha value is 0.130. The summed E-state index contributed by atoms with van der Waals surface area (Å²) in [4.78, 5) is 11.8. The molecular formula is C12H22N2OS2. The molecule has 2 aliphatic rings. The van der Waals surface area contributed by atoms with Crippen molar-refractivity contribution in [2.75, 3.05) is 30.3 Å². The van der Waals surface area contributed by atoms with Gasteiger partial charge in [0.1, 0.15) is 0 Å². The Morgan fingerprint density at radius 3 is 3.00 bits per heavy atom. The van der Waals surface area contributed by atoms with Gasteiger partial charge >= 0.3 is 0 Å². The summed E-state index contributed by atoms with van der Waals surface area (Å²) in [5.74, 6) is 3.74. The first-order chi connectivity index (χ1) is 8.34. The second kappa shape index (κ2) is 7.54. The molecule has 5 heteroatoms. The molecule has 2 fully saturated rings. The molecule has 1 amide bonds. The molecule has 0 aliphatic carbocycles. The highest BCUT2D eigenvalue weighted by molar-refractivity contribution is 8.00. The van der Waals surface area contributed by atoms with Gasteiger partial charge in [-0.3, -0.25) is 4.79 Å².